The molecule has 11 heteroatoms. The summed E-state index contributed by atoms with van der Waals surface area (Å²) in [5.41, 5.74) is 5.38. The average Bonchev–Trinajstić information content (AvgIpc) is 2.96. The minimum absolute atomic E-state index is 0.0155. The Labute approximate surface area is 271 Å². The van der Waals surface area contributed by atoms with Crippen molar-refractivity contribution < 1.29 is 53.3 Å². The standard InChI is InChI=1S/C13H20O3.C12H14O5.C10H14O3/c1-8-9(13(2,3)4)7-10(15-5)11(14)12(8)16-6;1-6-5-10(16-8(3)13)11(15)12(7(6)2)17-9(4)14;1-6-5-8(12-3)9(11)10(13-4)7(6)2/h7,14H,1-6H3;5,15H,1-4H3;5,11H,1-4H3. The molecule has 46 heavy (non-hydrogen) atoms. The SMILES string of the molecule is CC(=O)Oc1cc(C)c(C)c(OC(C)=O)c1O.COc1cc(C(C)(C)C)c(C)c(OC)c1O.COc1cc(C)c(C)c(OC)c1O. The van der Waals surface area contributed by atoms with Gasteiger partial charge in [-0.1, -0.05) is 20.8 Å². The fourth-order valence-corrected chi connectivity index (χ4v) is 4.49. The summed E-state index contributed by atoms with van der Waals surface area (Å²) >= 11 is 0. The van der Waals surface area contributed by atoms with Crippen LogP contribution in [-0.4, -0.2) is 55.7 Å². The van der Waals surface area contributed by atoms with E-state index in [1.54, 1.807) is 27.0 Å². The lowest BCUT2D eigenvalue weighted by atomic mass is 9.83. The number of ether oxygens (including phenoxy) is 6. The molecule has 3 aromatic rings. The Morgan fingerprint density at radius 1 is 0.543 bits per heavy atom. The smallest absolute Gasteiger partial charge is 0.308 e. The summed E-state index contributed by atoms with van der Waals surface area (Å²) in [6, 6.07) is 5.17. The highest BCUT2D eigenvalue weighted by Gasteiger charge is 2.24. The van der Waals surface area contributed by atoms with Crippen LogP contribution in [0.15, 0.2) is 18.2 Å². The van der Waals surface area contributed by atoms with Gasteiger partial charge >= 0.3 is 11.9 Å². The summed E-state index contributed by atoms with van der Waals surface area (Å²) in [7, 11) is 6.13. The van der Waals surface area contributed by atoms with E-state index in [9.17, 15) is 24.9 Å². The Hall–Kier alpha value is -4.80. The molecule has 0 heterocycles. The first-order valence-electron chi connectivity index (χ1n) is 14.3. The first kappa shape index (κ1) is 39.2. The number of esters is 2. The van der Waals surface area contributed by atoms with Crippen molar-refractivity contribution in [2.45, 2.75) is 74.7 Å². The molecule has 0 fully saturated rings. The molecule has 0 aromatic heterocycles. The number of aromatic hydroxyl groups is 3. The highest BCUT2D eigenvalue weighted by molar-refractivity contribution is 5.75. The summed E-state index contributed by atoms with van der Waals surface area (Å²) in [5, 5.41) is 29.4. The predicted octanol–water partition coefficient (Wildman–Crippen LogP) is 6.90. The van der Waals surface area contributed by atoms with Crippen LogP contribution in [0.3, 0.4) is 0 Å². The number of methoxy groups -OCH3 is 4. The molecule has 0 saturated heterocycles. The van der Waals surface area contributed by atoms with E-state index in [-0.39, 0.29) is 34.2 Å². The van der Waals surface area contributed by atoms with Crippen LogP contribution in [0.25, 0.3) is 0 Å². The predicted molar refractivity (Wildman–Crippen MR) is 176 cm³/mol. The molecule has 0 bridgehead atoms. The molecule has 0 amide bonds. The average molecular weight is 645 g/mol. The monoisotopic (exact) mass is 644 g/mol. The van der Waals surface area contributed by atoms with Crippen LogP contribution in [-0.2, 0) is 15.0 Å². The maximum Gasteiger partial charge on any atom is 0.308 e. The minimum atomic E-state index is -0.558. The largest absolute Gasteiger partial charge is 0.502 e. The van der Waals surface area contributed by atoms with Crippen LogP contribution in [0, 0.1) is 34.6 Å². The second-order valence-electron chi connectivity index (χ2n) is 11.5. The van der Waals surface area contributed by atoms with Gasteiger partial charge in [0.25, 0.3) is 0 Å². The zero-order valence-electron chi connectivity index (χ0n) is 29.3. The molecular weight excluding hydrogens is 596 g/mol. The van der Waals surface area contributed by atoms with Crippen molar-refractivity contribution >= 4 is 11.9 Å². The molecule has 254 valence electrons. The van der Waals surface area contributed by atoms with Gasteiger partial charge in [0.15, 0.2) is 34.5 Å². The van der Waals surface area contributed by atoms with Gasteiger partial charge in [0, 0.05) is 13.8 Å². The van der Waals surface area contributed by atoms with Crippen molar-refractivity contribution in [2.24, 2.45) is 0 Å². The van der Waals surface area contributed by atoms with E-state index < -0.39 is 11.9 Å². The summed E-state index contributed by atoms with van der Waals surface area (Å²) in [6.45, 7) is 18.0. The van der Waals surface area contributed by atoms with Gasteiger partial charge in [-0.25, -0.2) is 0 Å². The molecule has 0 unspecified atom stereocenters. The lowest BCUT2D eigenvalue weighted by Gasteiger charge is -2.24. The van der Waals surface area contributed by atoms with Crippen molar-refractivity contribution in [2.75, 3.05) is 28.4 Å². The Morgan fingerprint density at radius 3 is 1.30 bits per heavy atom. The van der Waals surface area contributed by atoms with Crippen LogP contribution in [0.4, 0.5) is 0 Å². The van der Waals surface area contributed by atoms with E-state index in [1.807, 2.05) is 26.8 Å². The Bertz CT molecular complexity index is 1550. The fourth-order valence-electron chi connectivity index (χ4n) is 4.49. The number of phenolic OH excluding ortho intramolecular Hbond substituents is 3. The first-order chi connectivity index (χ1) is 21.3. The molecule has 0 aliphatic rings. The van der Waals surface area contributed by atoms with Crippen LogP contribution < -0.4 is 28.4 Å². The third-order valence-electron chi connectivity index (χ3n) is 7.08. The van der Waals surface area contributed by atoms with Crippen LogP contribution in [0.5, 0.6) is 51.7 Å². The summed E-state index contributed by atoms with van der Waals surface area (Å²) in [5.74, 6) is 0.543. The van der Waals surface area contributed by atoms with Gasteiger partial charge in [-0.2, -0.15) is 0 Å². The third kappa shape index (κ3) is 9.60. The van der Waals surface area contributed by atoms with Crippen molar-refractivity contribution in [1.82, 2.24) is 0 Å². The number of hydrogen-bond donors (Lipinski definition) is 3. The highest BCUT2D eigenvalue weighted by Crippen LogP contribution is 2.44. The lowest BCUT2D eigenvalue weighted by molar-refractivity contribution is -0.132. The fraction of sp³-hybridized carbons (Fsp3) is 0.429. The van der Waals surface area contributed by atoms with Crippen LogP contribution in [0.2, 0.25) is 0 Å². The first-order valence-corrected chi connectivity index (χ1v) is 14.3. The van der Waals surface area contributed by atoms with Gasteiger partial charge in [-0.15, -0.1) is 0 Å². The molecule has 0 saturated carbocycles. The zero-order valence-corrected chi connectivity index (χ0v) is 29.3. The molecular formula is C35H48O11. The van der Waals surface area contributed by atoms with Crippen molar-refractivity contribution in [3.05, 3.63) is 51.6 Å². The van der Waals surface area contributed by atoms with Crippen molar-refractivity contribution in [3.63, 3.8) is 0 Å². The quantitative estimate of drug-likeness (QED) is 0.190. The molecule has 11 nitrogen and oxygen atoms in total. The second kappa shape index (κ2) is 16.5. The van der Waals surface area contributed by atoms with Gasteiger partial charge in [0.2, 0.25) is 17.2 Å². The number of rotatable bonds is 6. The van der Waals surface area contributed by atoms with Crippen molar-refractivity contribution in [1.29, 1.82) is 0 Å². The van der Waals surface area contributed by atoms with E-state index in [0.717, 1.165) is 27.8 Å². The van der Waals surface area contributed by atoms with E-state index >= 15 is 0 Å². The Kier molecular flexibility index (Phi) is 14.1. The van der Waals surface area contributed by atoms with Crippen LogP contribution in [0.1, 0.15) is 68.0 Å². The number of carbonyl (C=O) groups is 2. The maximum atomic E-state index is 10.9. The topological polar surface area (TPSA) is 150 Å². The molecule has 0 aliphatic heterocycles. The summed E-state index contributed by atoms with van der Waals surface area (Å²) < 4.78 is 30.2. The Morgan fingerprint density at radius 2 is 0.913 bits per heavy atom. The zero-order chi connectivity index (χ0) is 35.7. The molecule has 0 aliphatic carbocycles. The van der Waals surface area contributed by atoms with Crippen LogP contribution >= 0.6 is 0 Å². The van der Waals surface area contributed by atoms with Gasteiger partial charge in [-0.05, 0) is 91.6 Å². The summed E-state index contributed by atoms with van der Waals surface area (Å²) in [6.07, 6.45) is 0. The number of aryl methyl sites for hydroxylation is 2. The molecule has 0 atom stereocenters. The van der Waals surface area contributed by atoms with Gasteiger partial charge in [0.05, 0.1) is 28.4 Å². The lowest BCUT2D eigenvalue weighted by Crippen LogP contribution is -2.14. The molecule has 0 radical (unpaired) electrons. The van der Waals surface area contributed by atoms with E-state index in [0.29, 0.717) is 28.6 Å². The third-order valence-corrected chi connectivity index (χ3v) is 7.08. The highest BCUT2D eigenvalue weighted by atomic mass is 16.6. The maximum absolute atomic E-state index is 10.9. The minimum Gasteiger partial charge on any atom is -0.502 e. The number of hydrogen-bond acceptors (Lipinski definition) is 11. The summed E-state index contributed by atoms with van der Waals surface area (Å²) in [4.78, 5) is 21.8. The molecule has 3 rings (SSSR count). The van der Waals surface area contributed by atoms with E-state index in [2.05, 4.69) is 20.8 Å². The molecule has 0 spiro atoms. The normalized spacial score (nSPS) is 10.4. The van der Waals surface area contributed by atoms with E-state index in [4.69, 9.17) is 28.4 Å². The van der Waals surface area contributed by atoms with Gasteiger partial charge in [-0.3, -0.25) is 9.59 Å². The molecule has 3 aromatic carbocycles. The molecule has 3 N–H and O–H groups in total. The second-order valence-corrected chi connectivity index (χ2v) is 11.5. The number of phenols is 3. The number of benzene rings is 3. The van der Waals surface area contributed by atoms with Gasteiger partial charge < -0.3 is 43.7 Å². The van der Waals surface area contributed by atoms with E-state index in [1.165, 1.54) is 41.2 Å². The van der Waals surface area contributed by atoms with Crippen molar-refractivity contribution in [3.8, 4) is 51.7 Å². The van der Waals surface area contributed by atoms with Gasteiger partial charge in [0.1, 0.15) is 0 Å². The Balaban J connectivity index is 0.000000348. The number of carbonyl (C=O) groups excluding carboxylic acids is 2.